The number of primary amides is 1. The van der Waals surface area contributed by atoms with Crippen molar-refractivity contribution in [2.75, 3.05) is 0 Å². The molecular formula is C12H14N2O5. The predicted molar refractivity (Wildman–Crippen MR) is 65.4 cm³/mol. The molecule has 0 aliphatic carbocycles. The summed E-state index contributed by atoms with van der Waals surface area (Å²) in [7, 11) is 0. The fourth-order valence-electron chi connectivity index (χ4n) is 1.40. The SMILES string of the molecule is NC(=O)CC[C@@H](NC(=O)c1ccc(O)cc1)C(=O)O. The van der Waals surface area contributed by atoms with Gasteiger partial charge in [0.25, 0.3) is 5.91 Å². The van der Waals surface area contributed by atoms with Gasteiger partial charge in [-0.05, 0) is 30.7 Å². The second-order valence-corrected chi connectivity index (χ2v) is 3.92. The van der Waals surface area contributed by atoms with Gasteiger partial charge in [-0.2, -0.15) is 0 Å². The van der Waals surface area contributed by atoms with E-state index in [-0.39, 0.29) is 24.2 Å². The van der Waals surface area contributed by atoms with Crippen LogP contribution in [0.25, 0.3) is 0 Å². The number of phenols is 1. The van der Waals surface area contributed by atoms with Gasteiger partial charge in [0.1, 0.15) is 11.8 Å². The molecule has 2 amide bonds. The number of aliphatic carboxylic acids is 1. The summed E-state index contributed by atoms with van der Waals surface area (Å²) in [4.78, 5) is 33.3. The van der Waals surface area contributed by atoms with Crippen LogP contribution in [0.1, 0.15) is 23.2 Å². The third-order valence-electron chi connectivity index (χ3n) is 2.41. The smallest absolute Gasteiger partial charge is 0.326 e. The standard InChI is InChI=1S/C12H14N2O5/c13-10(16)6-5-9(12(18)19)14-11(17)7-1-3-8(15)4-2-7/h1-4,9,15H,5-6H2,(H2,13,16)(H,14,17)(H,18,19)/t9-/m1/s1. The molecule has 0 saturated carbocycles. The molecule has 1 aromatic rings. The van der Waals surface area contributed by atoms with Crippen molar-refractivity contribution >= 4 is 17.8 Å². The third-order valence-corrected chi connectivity index (χ3v) is 2.41. The highest BCUT2D eigenvalue weighted by Crippen LogP contribution is 2.10. The number of amides is 2. The molecule has 0 aromatic heterocycles. The van der Waals surface area contributed by atoms with Crippen molar-refractivity contribution in [3.05, 3.63) is 29.8 Å². The van der Waals surface area contributed by atoms with Gasteiger partial charge in [-0.15, -0.1) is 0 Å². The van der Waals surface area contributed by atoms with Crippen molar-refractivity contribution in [1.82, 2.24) is 5.32 Å². The second-order valence-electron chi connectivity index (χ2n) is 3.92. The highest BCUT2D eigenvalue weighted by atomic mass is 16.4. The van der Waals surface area contributed by atoms with Gasteiger partial charge in [-0.1, -0.05) is 0 Å². The maximum atomic E-state index is 11.7. The molecular weight excluding hydrogens is 252 g/mol. The first-order valence-corrected chi connectivity index (χ1v) is 5.51. The minimum absolute atomic E-state index is 0.0000584. The normalized spacial score (nSPS) is 11.6. The zero-order valence-electron chi connectivity index (χ0n) is 10.00. The number of carboxylic acids is 1. The van der Waals surface area contributed by atoms with Gasteiger partial charge in [0.05, 0.1) is 0 Å². The number of carbonyl (C=O) groups excluding carboxylic acids is 2. The Morgan fingerprint density at radius 3 is 2.26 bits per heavy atom. The Balaban J connectivity index is 2.68. The molecule has 0 heterocycles. The van der Waals surface area contributed by atoms with E-state index < -0.39 is 23.8 Å². The molecule has 7 heteroatoms. The summed E-state index contributed by atoms with van der Waals surface area (Å²) < 4.78 is 0. The zero-order valence-corrected chi connectivity index (χ0v) is 10.00. The molecule has 0 saturated heterocycles. The zero-order chi connectivity index (χ0) is 14.4. The van der Waals surface area contributed by atoms with Crippen LogP contribution in [0.2, 0.25) is 0 Å². The molecule has 0 fully saturated rings. The number of nitrogens with two attached hydrogens (primary N) is 1. The quantitative estimate of drug-likeness (QED) is 0.568. The summed E-state index contributed by atoms with van der Waals surface area (Å²) in [5, 5.41) is 20.3. The minimum atomic E-state index is -1.24. The highest BCUT2D eigenvalue weighted by Gasteiger charge is 2.21. The van der Waals surface area contributed by atoms with E-state index in [4.69, 9.17) is 15.9 Å². The lowest BCUT2D eigenvalue weighted by Crippen LogP contribution is -2.41. The van der Waals surface area contributed by atoms with Crippen molar-refractivity contribution in [2.45, 2.75) is 18.9 Å². The molecule has 0 aliphatic rings. The van der Waals surface area contributed by atoms with Gasteiger partial charge in [0.15, 0.2) is 0 Å². The average molecular weight is 266 g/mol. The van der Waals surface area contributed by atoms with Crippen molar-refractivity contribution in [3.8, 4) is 5.75 Å². The van der Waals surface area contributed by atoms with Crippen LogP contribution in [-0.4, -0.2) is 34.0 Å². The number of nitrogens with one attached hydrogen (secondary N) is 1. The van der Waals surface area contributed by atoms with Gasteiger partial charge in [-0.3, -0.25) is 9.59 Å². The Morgan fingerprint density at radius 1 is 1.21 bits per heavy atom. The fraction of sp³-hybridized carbons (Fsp3) is 0.250. The van der Waals surface area contributed by atoms with Gasteiger partial charge in [0.2, 0.25) is 5.91 Å². The molecule has 7 nitrogen and oxygen atoms in total. The van der Waals surface area contributed by atoms with Gasteiger partial charge in [0, 0.05) is 12.0 Å². The number of rotatable bonds is 6. The molecule has 0 bridgehead atoms. The van der Waals surface area contributed by atoms with E-state index in [9.17, 15) is 14.4 Å². The summed E-state index contributed by atoms with van der Waals surface area (Å²) in [6.07, 6.45) is -0.207. The lowest BCUT2D eigenvalue weighted by molar-refractivity contribution is -0.139. The van der Waals surface area contributed by atoms with Crippen LogP contribution in [0, 0.1) is 0 Å². The second kappa shape index (κ2) is 6.39. The molecule has 0 radical (unpaired) electrons. The topological polar surface area (TPSA) is 130 Å². The lowest BCUT2D eigenvalue weighted by Gasteiger charge is -2.13. The van der Waals surface area contributed by atoms with E-state index in [0.717, 1.165) is 0 Å². The van der Waals surface area contributed by atoms with Crippen molar-refractivity contribution in [1.29, 1.82) is 0 Å². The summed E-state index contributed by atoms with van der Waals surface area (Å²) in [5.41, 5.74) is 5.14. The summed E-state index contributed by atoms with van der Waals surface area (Å²) in [5.74, 6) is -2.48. The molecule has 5 N–H and O–H groups in total. The molecule has 0 spiro atoms. The fourth-order valence-corrected chi connectivity index (χ4v) is 1.40. The number of aromatic hydroxyl groups is 1. The molecule has 0 aliphatic heterocycles. The van der Waals surface area contributed by atoms with Gasteiger partial charge in [-0.25, -0.2) is 4.79 Å². The van der Waals surface area contributed by atoms with E-state index in [1.54, 1.807) is 0 Å². The first-order chi connectivity index (χ1) is 8.90. The monoisotopic (exact) mass is 266 g/mol. The van der Waals surface area contributed by atoms with E-state index in [1.807, 2.05) is 0 Å². The largest absolute Gasteiger partial charge is 0.508 e. The summed E-state index contributed by atoms with van der Waals surface area (Å²) in [6.45, 7) is 0. The number of phenolic OH excluding ortho intramolecular Hbond substituents is 1. The van der Waals surface area contributed by atoms with Crippen molar-refractivity contribution < 1.29 is 24.6 Å². The maximum absolute atomic E-state index is 11.7. The molecule has 1 rings (SSSR count). The molecule has 19 heavy (non-hydrogen) atoms. The number of hydrogen-bond donors (Lipinski definition) is 4. The lowest BCUT2D eigenvalue weighted by atomic mass is 10.1. The molecule has 102 valence electrons. The molecule has 0 unspecified atom stereocenters. The van der Waals surface area contributed by atoms with Crippen LogP contribution in [0.3, 0.4) is 0 Å². The van der Waals surface area contributed by atoms with Crippen LogP contribution in [-0.2, 0) is 9.59 Å². The van der Waals surface area contributed by atoms with Gasteiger partial charge >= 0.3 is 5.97 Å². The third kappa shape index (κ3) is 4.66. The Kier molecular flexibility index (Phi) is 4.87. The Hall–Kier alpha value is -2.57. The molecule has 1 atom stereocenters. The first kappa shape index (κ1) is 14.5. The summed E-state index contributed by atoms with van der Waals surface area (Å²) >= 11 is 0. The average Bonchev–Trinajstić information content (AvgIpc) is 2.34. The Morgan fingerprint density at radius 2 is 1.79 bits per heavy atom. The maximum Gasteiger partial charge on any atom is 0.326 e. The molecule has 1 aromatic carbocycles. The number of carboxylic acid groups (broad SMARTS) is 1. The van der Waals surface area contributed by atoms with Crippen LogP contribution in [0.5, 0.6) is 5.75 Å². The summed E-state index contributed by atoms with van der Waals surface area (Å²) in [6, 6.07) is 4.16. The van der Waals surface area contributed by atoms with Crippen LogP contribution in [0.4, 0.5) is 0 Å². The number of benzene rings is 1. The van der Waals surface area contributed by atoms with E-state index >= 15 is 0 Å². The Bertz CT molecular complexity index is 483. The Labute approximate surface area is 109 Å². The minimum Gasteiger partial charge on any atom is -0.508 e. The highest BCUT2D eigenvalue weighted by molar-refractivity contribution is 5.96. The van der Waals surface area contributed by atoms with E-state index in [1.165, 1.54) is 24.3 Å². The van der Waals surface area contributed by atoms with Crippen LogP contribution < -0.4 is 11.1 Å². The van der Waals surface area contributed by atoms with Crippen LogP contribution >= 0.6 is 0 Å². The predicted octanol–water partition coefficient (Wildman–Crippen LogP) is -0.159. The van der Waals surface area contributed by atoms with Crippen molar-refractivity contribution in [3.63, 3.8) is 0 Å². The van der Waals surface area contributed by atoms with E-state index in [2.05, 4.69) is 5.32 Å². The van der Waals surface area contributed by atoms with E-state index in [0.29, 0.717) is 0 Å². The van der Waals surface area contributed by atoms with Crippen molar-refractivity contribution in [2.24, 2.45) is 5.73 Å². The number of carbonyl (C=O) groups is 3. The van der Waals surface area contributed by atoms with Crippen LogP contribution in [0.15, 0.2) is 24.3 Å². The first-order valence-electron chi connectivity index (χ1n) is 5.51. The van der Waals surface area contributed by atoms with Gasteiger partial charge < -0.3 is 21.3 Å². The number of hydrogen-bond acceptors (Lipinski definition) is 4.